The molecule has 0 saturated carbocycles. The van der Waals surface area contributed by atoms with Crippen molar-refractivity contribution < 1.29 is 28.6 Å². The van der Waals surface area contributed by atoms with Gasteiger partial charge in [-0.1, -0.05) is 18.2 Å². The van der Waals surface area contributed by atoms with Crippen molar-refractivity contribution in [2.45, 2.75) is 6.54 Å². The van der Waals surface area contributed by atoms with E-state index < -0.39 is 17.6 Å². The van der Waals surface area contributed by atoms with Crippen LogP contribution >= 0.6 is 0 Å². The second kappa shape index (κ2) is 7.56. The maximum Gasteiger partial charge on any atom is 0.278 e. The average Bonchev–Trinajstić information content (AvgIpc) is 3.26. The summed E-state index contributed by atoms with van der Waals surface area (Å²) in [6, 6.07) is 10.6. The molecule has 1 N–H and O–H groups in total. The minimum absolute atomic E-state index is 0.0511. The molecule has 150 valence electrons. The maximum atomic E-state index is 13.4. The summed E-state index contributed by atoms with van der Waals surface area (Å²) < 4.78 is 24.0. The van der Waals surface area contributed by atoms with Crippen molar-refractivity contribution in [2.24, 2.45) is 0 Å². The lowest BCUT2D eigenvalue weighted by atomic mass is 10.0. The molecule has 7 nitrogen and oxygen atoms in total. The number of hydrogen-bond acceptors (Lipinski definition) is 6. The van der Waals surface area contributed by atoms with Gasteiger partial charge in [-0.15, -0.1) is 0 Å². The molecule has 29 heavy (non-hydrogen) atoms. The second-order valence-corrected chi connectivity index (χ2v) is 6.76. The highest BCUT2D eigenvalue weighted by atomic mass is 19.1. The number of fused-ring (bicyclic) bond motifs is 1. The predicted molar refractivity (Wildman–Crippen MR) is 101 cm³/mol. The van der Waals surface area contributed by atoms with E-state index in [0.717, 1.165) is 4.90 Å². The predicted octanol–water partition coefficient (Wildman–Crippen LogP) is 1.76. The summed E-state index contributed by atoms with van der Waals surface area (Å²) in [7, 11) is 1.63. The number of likely N-dealkylation sites (N-methyl/N-ethyl adjacent to an activating group) is 1. The molecule has 2 heterocycles. The van der Waals surface area contributed by atoms with Gasteiger partial charge in [0.2, 0.25) is 6.79 Å². The zero-order chi connectivity index (χ0) is 20.5. The van der Waals surface area contributed by atoms with Gasteiger partial charge in [0.05, 0.1) is 18.7 Å². The molecule has 2 aliphatic heterocycles. The van der Waals surface area contributed by atoms with E-state index in [1.165, 1.54) is 24.3 Å². The van der Waals surface area contributed by atoms with Gasteiger partial charge in [-0.2, -0.15) is 0 Å². The number of aliphatic hydroxyl groups is 1. The molecule has 2 aromatic carbocycles. The van der Waals surface area contributed by atoms with Gasteiger partial charge < -0.3 is 19.5 Å². The Bertz CT molecular complexity index is 1000. The molecular formula is C21H19FN2O5. The molecule has 0 fully saturated rings. The van der Waals surface area contributed by atoms with Gasteiger partial charge in [0.25, 0.3) is 11.8 Å². The zero-order valence-electron chi connectivity index (χ0n) is 15.7. The van der Waals surface area contributed by atoms with Gasteiger partial charge in [0, 0.05) is 13.6 Å². The highest BCUT2D eigenvalue weighted by molar-refractivity contribution is 6.35. The van der Waals surface area contributed by atoms with Crippen molar-refractivity contribution >= 4 is 17.4 Å². The smallest absolute Gasteiger partial charge is 0.278 e. The molecular weight excluding hydrogens is 379 g/mol. The molecule has 2 aromatic rings. The van der Waals surface area contributed by atoms with Crippen LogP contribution in [0.3, 0.4) is 0 Å². The lowest BCUT2D eigenvalue weighted by molar-refractivity contribution is -0.138. The number of rotatable bonds is 6. The number of nitrogens with zero attached hydrogens (tertiary/aromatic N) is 2. The quantitative estimate of drug-likeness (QED) is 0.747. The number of halogens is 1. The Kier molecular flexibility index (Phi) is 4.94. The molecule has 0 unspecified atom stereocenters. The number of benzene rings is 2. The third-order valence-electron chi connectivity index (χ3n) is 4.87. The Morgan fingerprint density at radius 2 is 1.79 bits per heavy atom. The number of carbonyl (C=O) groups excluding carboxylic acids is 2. The zero-order valence-corrected chi connectivity index (χ0v) is 15.7. The van der Waals surface area contributed by atoms with Crippen LogP contribution in [0.25, 0.3) is 5.57 Å². The number of aliphatic hydroxyl groups excluding tert-OH is 1. The van der Waals surface area contributed by atoms with Crippen LogP contribution in [-0.4, -0.2) is 53.7 Å². The highest BCUT2D eigenvalue weighted by Crippen LogP contribution is 2.35. The summed E-state index contributed by atoms with van der Waals surface area (Å²) in [5.41, 5.74) is 1.52. The highest BCUT2D eigenvalue weighted by Gasteiger charge is 2.40. The standard InChI is InChI=1S/C21H19FN2O5/c1-23(8-9-25)19-18(14-3-5-15(22)6-4-14)20(26)24(21(19)27)11-13-2-7-16-17(10-13)29-12-28-16/h2-7,10,25H,8-9,11-12H2,1H3. The molecule has 0 bridgehead atoms. The summed E-state index contributed by atoms with van der Waals surface area (Å²) in [6.45, 7) is 0.180. The van der Waals surface area contributed by atoms with Crippen molar-refractivity contribution in [3.05, 3.63) is 65.1 Å². The van der Waals surface area contributed by atoms with Crippen LogP contribution in [0.5, 0.6) is 11.5 Å². The van der Waals surface area contributed by atoms with Gasteiger partial charge in [-0.05, 0) is 35.4 Å². The van der Waals surface area contributed by atoms with Crippen LogP contribution in [-0.2, 0) is 16.1 Å². The molecule has 0 saturated heterocycles. The van der Waals surface area contributed by atoms with Crippen LogP contribution in [0.2, 0.25) is 0 Å². The largest absolute Gasteiger partial charge is 0.454 e. The van der Waals surface area contributed by atoms with E-state index in [1.807, 2.05) is 0 Å². The first-order chi connectivity index (χ1) is 14.0. The summed E-state index contributed by atoms with van der Waals surface area (Å²) in [6.07, 6.45) is 0. The number of ether oxygens (including phenoxy) is 2. The van der Waals surface area contributed by atoms with Crippen LogP contribution in [0.15, 0.2) is 48.2 Å². The van der Waals surface area contributed by atoms with Gasteiger partial charge in [-0.3, -0.25) is 14.5 Å². The van der Waals surface area contributed by atoms with E-state index in [1.54, 1.807) is 30.1 Å². The van der Waals surface area contributed by atoms with Crippen LogP contribution < -0.4 is 9.47 Å². The lowest BCUT2D eigenvalue weighted by Gasteiger charge is -2.20. The van der Waals surface area contributed by atoms with E-state index >= 15 is 0 Å². The third kappa shape index (κ3) is 3.42. The Labute approximate surface area is 166 Å². The SMILES string of the molecule is CN(CCO)C1=C(c2ccc(F)cc2)C(=O)N(Cc2ccc3c(c2)OCO3)C1=O. The summed E-state index contributed by atoms with van der Waals surface area (Å²) in [5, 5.41) is 9.28. The van der Waals surface area contributed by atoms with Crippen LogP contribution in [0.1, 0.15) is 11.1 Å². The monoisotopic (exact) mass is 398 g/mol. The molecule has 0 atom stereocenters. The molecule has 2 amide bonds. The van der Waals surface area contributed by atoms with Crippen molar-refractivity contribution in [2.75, 3.05) is 27.0 Å². The molecule has 0 aliphatic carbocycles. The van der Waals surface area contributed by atoms with E-state index in [4.69, 9.17) is 9.47 Å². The maximum absolute atomic E-state index is 13.4. The fourth-order valence-corrected chi connectivity index (χ4v) is 3.42. The summed E-state index contributed by atoms with van der Waals surface area (Å²) >= 11 is 0. The molecule has 8 heteroatoms. The Balaban J connectivity index is 1.69. The van der Waals surface area contributed by atoms with E-state index in [0.29, 0.717) is 22.6 Å². The van der Waals surface area contributed by atoms with Gasteiger partial charge in [0.15, 0.2) is 11.5 Å². The molecule has 2 aliphatic rings. The normalized spacial score (nSPS) is 15.5. The topological polar surface area (TPSA) is 79.3 Å². The van der Waals surface area contributed by atoms with Crippen molar-refractivity contribution in [3.8, 4) is 11.5 Å². The molecule has 4 rings (SSSR count). The first-order valence-electron chi connectivity index (χ1n) is 9.06. The minimum atomic E-state index is -0.473. The summed E-state index contributed by atoms with van der Waals surface area (Å²) in [4.78, 5) is 29.0. The molecule has 0 aromatic heterocycles. The van der Waals surface area contributed by atoms with Crippen molar-refractivity contribution in [1.82, 2.24) is 9.80 Å². The fraction of sp³-hybridized carbons (Fsp3) is 0.238. The van der Waals surface area contributed by atoms with Gasteiger partial charge in [0.1, 0.15) is 11.5 Å². The number of imide groups is 1. The Hall–Kier alpha value is -3.39. The first kappa shape index (κ1) is 18.9. The number of amides is 2. The van der Waals surface area contributed by atoms with E-state index in [2.05, 4.69) is 0 Å². The molecule has 0 radical (unpaired) electrons. The van der Waals surface area contributed by atoms with Crippen molar-refractivity contribution in [3.63, 3.8) is 0 Å². The third-order valence-corrected chi connectivity index (χ3v) is 4.87. The number of hydrogen-bond donors (Lipinski definition) is 1. The van der Waals surface area contributed by atoms with Crippen LogP contribution in [0, 0.1) is 5.82 Å². The minimum Gasteiger partial charge on any atom is -0.454 e. The van der Waals surface area contributed by atoms with Crippen molar-refractivity contribution in [1.29, 1.82) is 0 Å². The Morgan fingerprint density at radius 1 is 1.07 bits per heavy atom. The molecule has 0 spiro atoms. The van der Waals surface area contributed by atoms with Crippen LogP contribution in [0.4, 0.5) is 4.39 Å². The average molecular weight is 398 g/mol. The van der Waals surface area contributed by atoms with Gasteiger partial charge in [-0.25, -0.2) is 4.39 Å². The summed E-state index contributed by atoms with van der Waals surface area (Å²) in [5.74, 6) is -0.206. The van der Waals surface area contributed by atoms with E-state index in [9.17, 15) is 19.1 Å². The first-order valence-corrected chi connectivity index (χ1v) is 9.06. The fourth-order valence-electron chi connectivity index (χ4n) is 3.42. The van der Waals surface area contributed by atoms with E-state index in [-0.39, 0.29) is 37.8 Å². The number of carbonyl (C=O) groups is 2. The Morgan fingerprint density at radius 3 is 2.52 bits per heavy atom. The second-order valence-electron chi connectivity index (χ2n) is 6.76. The van der Waals surface area contributed by atoms with Gasteiger partial charge >= 0.3 is 0 Å². The lowest BCUT2D eigenvalue weighted by Crippen LogP contribution is -2.34.